The van der Waals surface area contributed by atoms with Crippen molar-refractivity contribution in [3.8, 4) is 5.75 Å². The molecule has 2 aromatic rings. The molecule has 0 aliphatic heterocycles. The Kier molecular flexibility index (Phi) is 6.46. The molecule has 0 fully saturated rings. The van der Waals surface area contributed by atoms with Crippen LogP contribution in [0.15, 0.2) is 42.5 Å². The van der Waals surface area contributed by atoms with Crippen LogP contribution in [0.5, 0.6) is 5.75 Å². The van der Waals surface area contributed by atoms with E-state index in [0.29, 0.717) is 12.2 Å². The second kappa shape index (κ2) is 8.57. The Bertz CT molecular complexity index is 772. The zero-order valence-electron chi connectivity index (χ0n) is 13.8. The summed E-state index contributed by atoms with van der Waals surface area (Å²) in [6.07, 6.45) is -0.382. The zero-order chi connectivity index (χ0) is 18.4. The van der Waals surface area contributed by atoms with Gasteiger partial charge in [-0.1, -0.05) is 25.1 Å². The highest BCUT2D eigenvalue weighted by Crippen LogP contribution is 2.29. The molecule has 1 N–H and O–H groups in total. The van der Waals surface area contributed by atoms with Crippen LogP contribution in [0.2, 0.25) is 0 Å². The Balaban J connectivity index is 2.21. The van der Waals surface area contributed by atoms with Gasteiger partial charge in [0.1, 0.15) is 28.2 Å². The van der Waals surface area contributed by atoms with Gasteiger partial charge in [0.05, 0.1) is 5.69 Å². The molecular formula is C17H18F2N2O3S. The number of rotatable bonds is 6. The first kappa shape index (κ1) is 18.9. The molecule has 0 saturated heterocycles. The fraction of sp³-hybridized carbons (Fsp3) is 0.235. The Labute approximate surface area is 147 Å². The maximum atomic E-state index is 14.6. The zero-order valence-corrected chi connectivity index (χ0v) is 14.6. The van der Waals surface area contributed by atoms with Gasteiger partial charge in [-0.15, -0.1) is 0 Å². The highest BCUT2D eigenvalue weighted by molar-refractivity contribution is 7.86. The summed E-state index contributed by atoms with van der Waals surface area (Å²) in [5.41, 5.74) is -0.734. The lowest BCUT2D eigenvalue weighted by atomic mass is 10.2. The fourth-order valence-electron chi connectivity index (χ4n) is 2.04. The molecule has 1 atom stereocenters. The largest absolute Gasteiger partial charge is 0.417 e. The lowest BCUT2D eigenvalue weighted by molar-refractivity contribution is 0.215. The van der Waals surface area contributed by atoms with Crippen molar-refractivity contribution >= 4 is 28.5 Å². The quantitative estimate of drug-likeness (QED) is 0.836. The van der Waals surface area contributed by atoms with Gasteiger partial charge in [-0.3, -0.25) is 9.62 Å². The second-order valence-electron chi connectivity index (χ2n) is 5.11. The number of carbonyl (C=O) groups excluding carboxylic acids is 1. The van der Waals surface area contributed by atoms with Crippen molar-refractivity contribution in [2.45, 2.75) is 13.3 Å². The molecule has 0 bridgehead atoms. The maximum Gasteiger partial charge on any atom is 0.417 e. The first-order valence-corrected chi connectivity index (χ1v) is 8.85. The summed E-state index contributed by atoms with van der Waals surface area (Å²) >= 11 is 0. The third-order valence-electron chi connectivity index (χ3n) is 3.27. The number of nitrogens with one attached hydrogen (secondary N) is 1. The van der Waals surface area contributed by atoms with Gasteiger partial charge in [0, 0.05) is 12.8 Å². The van der Waals surface area contributed by atoms with Gasteiger partial charge in [-0.2, -0.15) is 0 Å². The third-order valence-corrected chi connectivity index (χ3v) is 4.84. The molecule has 0 heterocycles. The normalized spacial score (nSPS) is 11.7. The minimum absolute atomic E-state index is 0.0804. The minimum Gasteiger partial charge on any atom is -0.410 e. The molecule has 0 aromatic heterocycles. The number of halogens is 2. The number of anilines is 2. The van der Waals surface area contributed by atoms with Gasteiger partial charge in [0.25, 0.3) is 0 Å². The monoisotopic (exact) mass is 368 g/mol. The van der Waals surface area contributed by atoms with Gasteiger partial charge < -0.3 is 4.74 Å². The molecule has 2 aromatic carbocycles. The number of amides is 1. The van der Waals surface area contributed by atoms with Crippen molar-refractivity contribution in [3.63, 3.8) is 0 Å². The Morgan fingerprint density at radius 1 is 1.20 bits per heavy atom. The summed E-state index contributed by atoms with van der Waals surface area (Å²) in [5, 5.41) is 2.06. The molecule has 0 aliphatic rings. The number of ether oxygens (including phenoxy) is 1. The standard InChI is InChI=1S/C17H18F2N2O3S/c1-3-11-25(23)21(2)14-10-9-13(18)16(15(14)19)20-17(22)24-12-7-5-4-6-8-12/h4-10H,3,11H2,1-2H3,(H,20,22). The highest BCUT2D eigenvalue weighted by Gasteiger charge is 2.21. The van der Waals surface area contributed by atoms with Crippen molar-refractivity contribution in [3.05, 3.63) is 54.1 Å². The van der Waals surface area contributed by atoms with Crippen molar-refractivity contribution in [1.82, 2.24) is 0 Å². The van der Waals surface area contributed by atoms with E-state index in [9.17, 15) is 17.8 Å². The van der Waals surface area contributed by atoms with E-state index >= 15 is 0 Å². The molecular weight excluding hydrogens is 350 g/mol. The van der Waals surface area contributed by atoms with Crippen LogP contribution in [0, 0.1) is 11.6 Å². The van der Waals surface area contributed by atoms with Crippen LogP contribution >= 0.6 is 0 Å². The molecule has 1 unspecified atom stereocenters. The van der Waals surface area contributed by atoms with Crippen LogP contribution in [0.4, 0.5) is 25.0 Å². The summed E-state index contributed by atoms with van der Waals surface area (Å²) in [6, 6.07) is 10.3. The molecule has 8 heteroatoms. The van der Waals surface area contributed by atoms with E-state index in [-0.39, 0.29) is 11.4 Å². The summed E-state index contributed by atoms with van der Waals surface area (Å²) in [6.45, 7) is 1.85. The van der Waals surface area contributed by atoms with Gasteiger partial charge in [-0.05, 0) is 30.7 Å². The topological polar surface area (TPSA) is 58.6 Å². The third kappa shape index (κ3) is 4.76. The number of carbonyl (C=O) groups is 1. The predicted molar refractivity (Wildman–Crippen MR) is 94.2 cm³/mol. The van der Waals surface area contributed by atoms with Crippen LogP contribution in [0.25, 0.3) is 0 Å². The Morgan fingerprint density at radius 2 is 1.88 bits per heavy atom. The minimum atomic E-state index is -1.46. The van der Waals surface area contributed by atoms with Crippen LogP contribution in [0.3, 0.4) is 0 Å². The van der Waals surface area contributed by atoms with Crippen LogP contribution < -0.4 is 14.4 Å². The molecule has 0 aliphatic carbocycles. The van der Waals surface area contributed by atoms with Crippen molar-refractivity contribution in [1.29, 1.82) is 0 Å². The van der Waals surface area contributed by atoms with E-state index in [1.807, 2.05) is 6.92 Å². The molecule has 0 radical (unpaired) electrons. The smallest absolute Gasteiger partial charge is 0.410 e. The molecule has 0 spiro atoms. The van der Waals surface area contributed by atoms with Crippen molar-refractivity contribution in [2.75, 3.05) is 22.4 Å². The van der Waals surface area contributed by atoms with E-state index in [1.165, 1.54) is 29.6 Å². The average molecular weight is 368 g/mol. The predicted octanol–water partition coefficient (Wildman–Crippen LogP) is 4.09. The molecule has 2 rings (SSSR count). The van der Waals surface area contributed by atoms with E-state index in [1.54, 1.807) is 18.2 Å². The lowest BCUT2D eigenvalue weighted by Gasteiger charge is -2.20. The maximum absolute atomic E-state index is 14.6. The fourth-order valence-corrected chi connectivity index (χ4v) is 3.03. The van der Waals surface area contributed by atoms with Gasteiger partial charge in [-0.25, -0.2) is 17.8 Å². The lowest BCUT2D eigenvalue weighted by Crippen LogP contribution is -2.25. The number of hydrogen-bond acceptors (Lipinski definition) is 3. The van der Waals surface area contributed by atoms with E-state index in [0.717, 1.165) is 6.07 Å². The van der Waals surface area contributed by atoms with Crippen molar-refractivity contribution < 1.29 is 22.5 Å². The first-order valence-electron chi connectivity index (χ1n) is 7.58. The van der Waals surface area contributed by atoms with E-state index < -0.39 is 34.4 Å². The molecule has 1 amide bonds. The van der Waals surface area contributed by atoms with Gasteiger partial charge in [0.2, 0.25) is 0 Å². The number of nitrogens with zero attached hydrogens (tertiary/aromatic N) is 1. The van der Waals surface area contributed by atoms with Crippen LogP contribution in [0.1, 0.15) is 13.3 Å². The summed E-state index contributed by atoms with van der Waals surface area (Å²) in [7, 11) is -0.0195. The molecule has 0 saturated carbocycles. The highest BCUT2D eigenvalue weighted by atomic mass is 32.2. The van der Waals surface area contributed by atoms with Gasteiger partial charge >= 0.3 is 6.09 Å². The number of hydrogen-bond donors (Lipinski definition) is 1. The summed E-state index contributed by atoms with van der Waals surface area (Å²) in [4.78, 5) is 11.9. The van der Waals surface area contributed by atoms with Gasteiger partial charge in [0.15, 0.2) is 5.82 Å². The number of benzene rings is 2. The van der Waals surface area contributed by atoms with E-state index in [4.69, 9.17) is 4.74 Å². The summed E-state index contributed by atoms with van der Waals surface area (Å²) in [5.74, 6) is -1.40. The molecule has 134 valence electrons. The second-order valence-corrected chi connectivity index (χ2v) is 6.71. The SMILES string of the molecule is CCCS(=O)N(C)c1ccc(F)c(NC(=O)Oc2ccccc2)c1F. The first-order chi connectivity index (χ1) is 11.9. The number of para-hydroxylation sites is 1. The van der Waals surface area contributed by atoms with Crippen LogP contribution in [-0.4, -0.2) is 23.1 Å². The van der Waals surface area contributed by atoms with Crippen LogP contribution in [-0.2, 0) is 11.0 Å². The summed E-state index contributed by atoms with van der Waals surface area (Å²) < 4.78 is 46.7. The Morgan fingerprint density at radius 3 is 2.52 bits per heavy atom. The average Bonchev–Trinajstić information content (AvgIpc) is 2.59. The van der Waals surface area contributed by atoms with E-state index in [2.05, 4.69) is 5.32 Å². The molecule has 25 heavy (non-hydrogen) atoms. The Hall–Kier alpha value is -2.48. The van der Waals surface area contributed by atoms with Crippen molar-refractivity contribution in [2.24, 2.45) is 0 Å². The molecule has 5 nitrogen and oxygen atoms in total.